The Morgan fingerprint density at radius 3 is 2.79 bits per heavy atom. The molecule has 7 nitrogen and oxygen atoms in total. The van der Waals surface area contributed by atoms with Gasteiger partial charge in [0.25, 0.3) is 0 Å². The van der Waals surface area contributed by atoms with Crippen LogP contribution in [0, 0.1) is 0 Å². The Labute approximate surface area is 166 Å². The molecule has 1 aliphatic heterocycles. The van der Waals surface area contributed by atoms with E-state index in [1.807, 2.05) is 29.2 Å². The summed E-state index contributed by atoms with van der Waals surface area (Å²) in [5.74, 6) is 0.142. The Bertz CT molecular complexity index is 841. The Kier molecular flexibility index (Phi) is 6.91. The van der Waals surface area contributed by atoms with E-state index in [9.17, 15) is 9.59 Å². The van der Waals surface area contributed by atoms with Gasteiger partial charge in [0.05, 0.1) is 11.0 Å². The zero-order valence-electron chi connectivity index (χ0n) is 17.4. The smallest absolute Gasteiger partial charge is 0.326 e. The van der Waals surface area contributed by atoms with Crippen LogP contribution in [0.2, 0.25) is 0 Å². The van der Waals surface area contributed by atoms with E-state index in [2.05, 4.69) is 35.9 Å². The first-order valence-electron chi connectivity index (χ1n) is 10.3. The molecular weight excluding hydrogens is 354 g/mol. The zero-order chi connectivity index (χ0) is 20.1. The van der Waals surface area contributed by atoms with Gasteiger partial charge in [0, 0.05) is 32.1 Å². The maximum atomic E-state index is 12.8. The van der Waals surface area contributed by atoms with Crippen molar-refractivity contribution in [2.45, 2.75) is 38.3 Å². The van der Waals surface area contributed by atoms with Crippen LogP contribution in [0.4, 0.5) is 0 Å². The average molecular weight is 388 g/mol. The molecule has 1 saturated heterocycles. The van der Waals surface area contributed by atoms with Crippen molar-refractivity contribution in [3.05, 3.63) is 34.7 Å². The molecule has 1 fully saturated rings. The van der Waals surface area contributed by atoms with Crippen LogP contribution in [-0.4, -0.2) is 83.5 Å². The number of hydrogen-bond acceptors (Lipinski definition) is 4. The number of imidazole rings is 1. The first-order chi connectivity index (χ1) is 13.5. The molecule has 0 aliphatic carbocycles. The van der Waals surface area contributed by atoms with Gasteiger partial charge >= 0.3 is 5.69 Å². The van der Waals surface area contributed by atoms with E-state index in [1.54, 1.807) is 4.57 Å². The lowest BCUT2D eigenvalue weighted by molar-refractivity contribution is -0.133. The number of rotatable bonds is 8. The number of benzene rings is 1. The van der Waals surface area contributed by atoms with Crippen LogP contribution in [0.25, 0.3) is 11.0 Å². The number of nitrogens with one attached hydrogen (secondary N) is 1. The number of hydrogen-bond donors (Lipinski definition) is 1. The molecule has 1 aromatic carbocycles. The van der Waals surface area contributed by atoms with Gasteiger partial charge in [-0.25, -0.2) is 4.79 Å². The van der Waals surface area contributed by atoms with E-state index in [1.165, 1.54) is 0 Å². The predicted molar refractivity (Wildman–Crippen MR) is 113 cm³/mol. The lowest BCUT2D eigenvalue weighted by Crippen LogP contribution is -2.49. The van der Waals surface area contributed by atoms with Crippen molar-refractivity contribution in [2.24, 2.45) is 0 Å². The summed E-state index contributed by atoms with van der Waals surface area (Å²) in [7, 11) is 6.36. The van der Waals surface area contributed by atoms with Gasteiger partial charge in [0.15, 0.2) is 0 Å². The van der Waals surface area contributed by atoms with E-state index >= 15 is 0 Å². The number of carbonyl (C=O) groups is 1. The number of nitrogens with zero attached hydrogens (tertiary/aromatic N) is 4. The van der Waals surface area contributed by atoms with Crippen LogP contribution >= 0.6 is 0 Å². The zero-order valence-corrected chi connectivity index (χ0v) is 17.4. The second kappa shape index (κ2) is 9.39. The number of aromatic nitrogens is 2. The van der Waals surface area contributed by atoms with Crippen LogP contribution in [0.5, 0.6) is 0 Å². The third kappa shape index (κ3) is 5.02. The molecular formula is C21H33N5O2. The third-order valence-electron chi connectivity index (χ3n) is 5.72. The van der Waals surface area contributed by atoms with Crippen LogP contribution in [-0.2, 0) is 11.3 Å². The number of amides is 1. The summed E-state index contributed by atoms with van der Waals surface area (Å²) in [4.78, 5) is 34.4. The highest BCUT2D eigenvalue weighted by atomic mass is 16.2. The van der Waals surface area contributed by atoms with Crippen molar-refractivity contribution < 1.29 is 4.79 Å². The largest absolute Gasteiger partial charge is 0.341 e. The fourth-order valence-electron chi connectivity index (χ4n) is 4.05. The summed E-state index contributed by atoms with van der Waals surface area (Å²) in [5.41, 5.74) is 1.53. The number of likely N-dealkylation sites (tertiary alicyclic amines) is 1. The maximum absolute atomic E-state index is 12.8. The molecule has 0 bridgehead atoms. The van der Waals surface area contributed by atoms with Gasteiger partial charge in [-0.1, -0.05) is 12.1 Å². The first-order valence-corrected chi connectivity index (χ1v) is 10.3. The Morgan fingerprint density at radius 2 is 2.00 bits per heavy atom. The van der Waals surface area contributed by atoms with Crippen LogP contribution in [0.15, 0.2) is 29.1 Å². The van der Waals surface area contributed by atoms with Gasteiger partial charge in [-0.05, 0) is 65.6 Å². The van der Waals surface area contributed by atoms with Gasteiger partial charge < -0.3 is 19.7 Å². The molecule has 1 aliphatic rings. The van der Waals surface area contributed by atoms with Crippen molar-refractivity contribution >= 4 is 16.9 Å². The molecule has 0 saturated carbocycles. The summed E-state index contributed by atoms with van der Waals surface area (Å²) in [6.07, 6.45) is 3.68. The molecule has 1 unspecified atom stereocenters. The molecule has 3 rings (SSSR count). The molecule has 2 heterocycles. The van der Waals surface area contributed by atoms with Crippen LogP contribution < -0.4 is 5.69 Å². The van der Waals surface area contributed by atoms with Gasteiger partial charge in [-0.3, -0.25) is 9.36 Å². The molecule has 0 spiro atoms. The first kappa shape index (κ1) is 20.6. The molecule has 1 atom stereocenters. The minimum absolute atomic E-state index is 0.142. The van der Waals surface area contributed by atoms with E-state index in [4.69, 9.17) is 0 Å². The molecule has 1 aromatic heterocycles. The Balaban J connectivity index is 1.54. The Morgan fingerprint density at radius 1 is 1.21 bits per heavy atom. The van der Waals surface area contributed by atoms with Crippen molar-refractivity contribution in [1.82, 2.24) is 24.3 Å². The van der Waals surface area contributed by atoms with Crippen molar-refractivity contribution in [3.63, 3.8) is 0 Å². The highest BCUT2D eigenvalue weighted by Gasteiger charge is 2.26. The normalized spacial score (nSPS) is 17.8. The van der Waals surface area contributed by atoms with Crippen molar-refractivity contribution in [3.8, 4) is 0 Å². The van der Waals surface area contributed by atoms with E-state index in [-0.39, 0.29) is 11.6 Å². The van der Waals surface area contributed by atoms with Crippen LogP contribution in [0.1, 0.15) is 25.7 Å². The second-order valence-corrected chi connectivity index (χ2v) is 8.12. The van der Waals surface area contributed by atoms with Gasteiger partial charge in [-0.2, -0.15) is 0 Å². The molecule has 0 radical (unpaired) electrons. The summed E-state index contributed by atoms with van der Waals surface area (Å²) in [6, 6.07) is 8.04. The van der Waals surface area contributed by atoms with Gasteiger partial charge in [0.2, 0.25) is 5.91 Å². The average Bonchev–Trinajstić information content (AvgIpc) is 3.01. The molecule has 154 valence electrons. The summed E-state index contributed by atoms with van der Waals surface area (Å²) < 4.78 is 1.67. The number of likely N-dealkylation sites (N-methyl/N-ethyl adjacent to an activating group) is 1. The number of H-pyrrole nitrogens is 1. The van der Waals surface area contributed by atoms with E-state index in [0.29, 0.717) is 19.0 Å². The molecule has 1 N–H and O–H groups in total. The highest BCUT2D eigenvalue weighted by molar-refractivity contribution is 5.77. The number of piperidine rings is 1. The number of aryl methyl sites for hydroxylation is 1. The second-order valence-electron chi connectivity index (χ2n) is 8.12. The number of fused-ring (bicyclic) bond motifs is 1. The highest BCUT2D eigenvalue weighted by Crippen LogP contribution is 2.17. The lowest BCUT2D eigenvalue weighted by atomic mass is 10.0. The third-order valence-corrected chi connectivity index (χ3v) is 5.72. The number of carbonyl (C=O) groups excluding carboxylic acids is 1. The predicted octanol–water partition coefficient (Wildman–Crippen LogP) is 1.59. The molecule has 7 heteroatoms. The minimum Gasteiger partial charge on any atom is -0.341 e. The fraction of sp³-hybridized carbons (Fsp3) is 0.619. The van der Waals surface area contributed by atoms with Gasteiger partial charge in [-0.15, -0.1) is 0 Å². The molecule has 1 amide bonds. The molecule has 2 aromatic rings. The summed E-state index contributed by atoms with van der Waals surface area (Å²) in [5, 5.41) is 0. The Hall–Kier alpha value is -2.12. The molecule has 28 heavy (non-hydrogen) atoms. The summed E-state index contributed by atoms with van der Waals surface area (Å²) >= 11 is 0. The quantitative estimate of drug-likeness (QED) is 0.747. The summed E-state index contributed by atoms with van der Waals surface area (Å²) in [6.45, 7) is 4.17. The fourth-order valence-corrected chi connectivity index (χ4v) is 4.05. The minimum atomic E-state index is -0.147. The maximum Gasteiger partial charge on any atom is 0.326 e. The van der Waals surface area contributed by atoms with E-state index < -0.39 is 0 Å². The standard InChI is InChI=1S/C21H33N5O2/c1-23(2)12-7-13-24(3)17-8-6-14-25(16-17)20(27)11-15-26-19-10-5-4-9-18(19)22-21(26)28/h4-5,9-10,17H,6-8,11-16H2,1-3H3,(H,22,28). The topological polar surface area (TPSA) is 64.6 Å². The van der Waals surface area contributed by atoms with Gasteiger partial charge in [0.1, 0.15) is 0 Å². The van der Waals surface area contributed by atoms with Crippen molar-refractivity contribution in [2.75, 3.05) is 47.3 Å². The van der Waals surface area contributed by atoms with Crippen LogP contribution in [0.3, 0.4) is 0 Å². The lowest BCUT2D eigenvalue weighted by Gasteiger charge is -2.38. The monoisotopic (exact) mass is 387 g/mol. The number of aromatic amines is 1. The van der Waals surface area contributed by atoms with Crippen molar-refractivity contribution in [1.29, 1.82) is 0 Å². The van der Waals surface area contributed by atoms with E-state index in [0.717, 1.165) is 56.5 Å². The number of para-hydroxylation sites is 2. The SMILES string of the molecule is CN(C)CCCN(C)C1CCCN(C(=O)CCn2c(=O)[nH]c3ccccc32)C1.